The van der Waals surface area contributed by atoms with Gasteiger partial charge in [0.15, 0.2) is 0 Å². The first-order valence-electron chi connectivity index (χ1n) is 12.1. The minimum Gasteiger partial charge on any atom is -0.467 e. The molecule has 0 aliphatic heterocycles. The van der Waals surface area contributed by atoms with Gasteiger partial charge in [-0.1, -0.05) is 12.8 Å². The highest BCUT2D eigenvalue weighted by molar-refractivity contribution is 5.88. The summed E-state index contributed by atoms with van der Waals surface area (Å²) in [6.45, 7) is -0.191. The Balaban J connectivity index is 1.43. The Labute approximate surface area is 212 Å². The fourth-order valence-electron chi connectivity index (χ4n) is 4.50. The fraction of sp³-hybridized carbons (Fsp3) is 0.308. The Morgan fingerprint density at radius 3 is 2.57 bits per heavy atom. The number of hydrogen-bond donors (Lipinski definition) is 1. The summed E-state index contributed by atoms with van der Waals surface area (Å²) in [5.41, 5.74) is 1.20. The topological polar surface area (TPSA) is 119 Å². The van der Waals surface area contributed by atoms with Crippen LogP contribution in [0, 0.1) is 5.82 Å². The van der Waals surface area contributed by atoms with Crippen molar-refractivity contribution < 1.29 is 18.4 Å². The molecule has 1 N–H and O–H groups in total. The van der Waals surface area contributed by atoms with Crippen LogP contribution in [0.2, 0.25) is 0 Å². The van der Waals surface area contributed by atoms with Gasteiger partial charge in [0.1, 0.15) is 24.2 Å². The maximum Gasteiger partial charge on any atom is 0.247 e. The molecule has 37 heavy (non-hydrogen) atoms. The van der Waals surface area contributed by atoms with Gasteiger partial charge in [-0.15, -0.1) is 10.2 Å². The molecule has 1 aromatic carbocycles. The van der Waals surface area contributed by atoms with E-state index in [2.05, 4.69) is 25.7 Å². The fourth-order valence-corrected chi connectivity index (χ4v) is 4.50. The van der Waals surface area contributed by atoms with Crippen molar-refractivity contribution in [2.75, 3.05) is 0 Å². The van der Waals surface area contributed by atoms with Crippen molar-refractivity contribution in [3.8, 4) is 11.4 Å². The highest BCUT2D eigenvalue weighted by atomic mass is 19.1. The third kappa shape index (κ3) is 5.88. The van der Waals surface area contributed by atoms with Gasteiger partial charge in [-0.2, -0.15) is 4.80 Å². The van der Waals surface area contributed by atoms with E-state index in [1.54, 1.807) is 36.7 Å². The number of carbonyl (C=O) groups is 2. The lowest BCUT2D eigenvalue weighted by atomic mass is 10.0. The molecule has 1 aliphatic carbocycles. The number of aromatic nitrogens is 5. The largest absolute Gasteiger partial charge is 0.467 e. The molecule has 0 bridgehead atoms. The molecule has 4 aromatic rings. The molecule has 0 saturated heterocycles. The van der Waals surface area contributed by atoms with Crippen LogP contribution in [-0.4, -0.2) is 47.9 Å². The zero-order valence-electron chi connectivity index (χ0n) is 20.0. The van der Waals surface area contributed by atoms with Crippen molar-refractivity contribution in [3.05, 3.63) is 84.3 Å². The van der Waals surface area contributed by atoms with Crippen molar-refractivity contribution in [1.82, 2.24) is 35.4 Å². The van der Waals surface area contributed by atoms with Crippen LogP contribution in [0.15, 0.2) is 71.6 Å². The van der Waals surface area contributed by atoms with Gasteiger partial charge >= 0.3 is 0 Å². The van der Waals surface area contributed by atoms with Crippen LogP contribution in [0.5, 0.6) is 0 Å². The lowest BCUT2D eigenvalue weighted by Gasteiger charge is -2.31. The van der Waals surface area contributed by atoms with Crippen LogP contribution >= 0.6 is 0 Å². The standard InChI is InChI=1S/C26H26FN7O3/c27-20-9-7-19(8-10-20)25-30-32-34(31-25)17-23(35)33(16-22-6-3-15-37-22)24(18-11-13-28-14-12-18)26(36)29-21-4-1-2-5-21/h3,6-15,21,24H,1-2,4-5,16-17H2,(H,29,36). The van der Waals surface area contributed by atoms with Crippen molar-refractivity contribution >= 4 is 11.8 Å². The molecule has 190 valence electrons. The van der Waals surface area contributed by atoms with Crippen LogP contribution in [0.25, 0.3) is 11.4 Å². The summed E-state index contributed by atoms with van der Waals surface area (Å²) in [4.78, 5) is 34.0. The number of tetrazole rings is 1. The lowest BCUT2D eigenvalue weighted by molar-refractivity contribution is -0.143. The second kappa shape index (κ2) is 11.1. The Morgan fingerprint density at radius 1 is 1.11 bits per heavy atom. The molecule has 3 aromatic heterocycles. The van der Waals surface area contributed by atoms with Crippen LogP contribution in [0.1, 0.15) is 43.0 Å². The molecule has 0 radical (unpaired) electrons. The number of rotatable bonds is 9. The predicted molar refractivity (Wildman–Crippen MR) is 130 cm³/mol. The van der Waals surface area contributed by atoms with Crippen LogP contribution in [-0.2, 0) is 22.7 Å². The normalized spacial score (nSPS) is 14.4. The van der Waals surface area contributed by atoms with Crippen molar-refractivity contribution in [1.29, 1.82) is 0 Å². The average molecular weight is 504 g/mol. The van der Waals surface area contributed by atoms with Crippen molar-refractivity contribution in [2.45, 2.75) is 50.9 Å². The minimum absolute atomic E-state index is 0.0659. The summed E-state index contributed by atoms with van der Waals surface area (Å²) >= 11 is 0. The van der Waals surface area contributed by atoms with Gasteiger partial charge in [-0.05, 0) is 72.1 Å². The average Bonchev–Trinajstić information content (AvgIpc) is 3.69. The van der Waals surface area contributed by atoms with Crippen molar-refractivity contribution in [2.24, 2.45) is 0 Å². The van der Waals surface area contributed by atoms with Gasteiger partial charge in [0.2, 0.25) is 17.6 Å². The van der Waals surface area contributed by atoms with Gasteiger partial charge in [-0.3, -0.25) is 14.6 Å². The third-order valence-electron chi connectivity index (χ3n) is 6.34. The maximum atomic E-state index is 13.7. The number of carbonyl (C=O) groups excluding carboxylic acids is 2. The van der Waals surface area contributed by atoms with Crippen LogP contribution in [0.4, 0.5) is 4.39 Å². The van der Waals surface area contributed by atoms with E-state index < -0.39 is 11.9 Å². The summed E-state index contributed by atoms with van der Waals surface area (Å²) in [6.07, 6.45) is 8.66. The van der Waals surface area contributed by atoms with Gasteiger partial charge in [0.25, 0.3) is 0 Å². The number of pyridine rings is 1. The van der Waals surface area contributed by atoms with Gasteiger partial charge in [0, 0.05) is 24.0 Å². The summed E-state index contributed by atoms with van der Waals surface area (Å²) in [5.74, 6) is -0.257. The highest BCUT2D eigenvalue weighted by Gasteiger charge is 2.34. The molecule has 1 aliphatic rings. The number of nitrogens with zero attached hydrogens (tertiary/aromatic N) is 6. The van der Waals surface area contributed by atoms with E-state index in [0.717, 1.165) is 30.5 Å². The molecule has 1 saturated carbocycles. The third-order valence-corrected chi connectivity index (χ3v) is 6.34. The second-order valence-corrected chi connectivity index (χ2v) is 8.92. The number of benzene rings is 1. The zero-order valence-corrected chi connectivity index (χ0v) is 20.0. The quantitative estimate of drug-likeness (QED) is 0.372. The number of hydrogen-bond acceptors (Lipinski definition) is 7. The molecular formula is C26H26FN7O3. The summed E-state index contributed by atoms with van der Waals surface area (Å²) in [7, 11) is 0. The molecule has 1 fully saturated rings. The van der Waals surface area contributed by atoms with Gasteiger partial charge in [0.05, 0.1) is 12.8 Å². The molecular weight excluding hydrogens is 477 g/mol. The first-order valence-corrected chi connectivity index (χ1v) is 12.1. The number of furan rings is 1. The van der Waals surface area contributed by atoms with E-state index in [4.69, 9.17) is 4.42 Å². The molecule has 2 amide bonds. The Morgan fingerprint density at radius 2 is 1.86 bits per heavy atom. The Bertz CT molecular complexity index is 1320. The predicted octanol–water partition coefficient (Wildman–Crippen LogP) is 3.30. The molecule has 1 atom stereocenters. The molecule has 3 heterocycles. The summed E-state index contributed by atoms with van der Waals surface area (Å²) < 4.78 is 18.8. The van der Waals surface area contributed by atoms with Crippen molar-refractivity contribution in [3.63, 3.8) is 0 Å². The van der Waals surface area contributed by atoms with Crippen LogP contribution < -0.4 is 5.32 Å². The van der Waals surface area contributed by atoms with Gasteiger partial charge < -0.3 is 14.6 Å². The second-order valence-electron chi connectivity index (χ2n) is 8.92. The molecule has 10 nitrogen and oxygen atoms in total. The molecule has 5 rings (SSSR count). The smallest absolute Gasteiger partial charge is 0.247 e. The number of nitrogens with one attached hydrogen (secondary N) is 1. The Kier molecular flexibility index (Phi) is 7.29. The zero-order chi connectivity index (χ0) is 25.6. The lowest BCUT2D eigenvalue weighted by Crippen LogP contribution is -2.46. The number of halogens is 1. The van der Waals surface area contributed by atoms with Gasteiger partial charge in [-0.25, -0.2) is 4.39 Å². The monoisotopic (exact) mass is 503 g/mol. The molecule has 1 unspecified atom stereocenters. The first-order chi connectivity index (χ1) is 18.1. The van der Waals surface area contributed by atoms with E-state index >= 15 is 0 Å². The maximum absolute atomic E-state index is 13.7. The van der Waals surface area contributed by atoms with E-state index in [1.807, 2.05) is 0 Å². The summed E-state index contributed by atoms with van der Waals surface area (Å²) in [6, 6.07) is 11.8. The first kappa shape index (κ1) is 24.3. The number of amides is 2. The van der Waals surface area contributed by atoms with E-state index in [0.29, 0.717) is 16.9 Å². The molecule has 11 heteroatoms. The van der Waals surface area contributed by atoms with Crippen LogP contribution in [0.3, 0.4) is 0 Å². The minimum atomic E-state index is -0.915. The summed E-state index contributed by atoms with van der Waals surface area (Å²) in [5, 5.41) is 15.4. The van der Waals surface area contributed by atoms with E-state index in [1.165, 1.54) is 35.4 Å². The SMILES string of the molecule is O=C(NC1CCCC1)C(c1ccncc1)N(Cc1ccco1)C(=O)Cn1nnc(-c2ccc(F)cc2)n1. The Hall–Kier alpha value is -4.41. The van der Waals surface area contributed by atoms with E-state index in [9.17, 15) is 14.0 Å². The van der Waals surface area contributed by atoms with E-state index in [-0.39, 0.29) is 36.7 Å². The molecule has 0 spiro atoms. The highest BCUT2D eigenvalue weighted by Crippen LogP contribution is 2.26.